The van der Waals surface area contributed by atoms with E-state index in [0.29, 0.717) is 0 Å². The molecule has 1 unspecified atom stereocenters. The second kappa shape index (κ2) is 7.28. The zero-order valence-corrected chi connectivity index (χ0v) is 15.4. The molecule has 0 amide bonds. The molecule has 0 radical (unpaired) electrons. The average Bonchev–Trinajstić information content (AvgIpc) is 2.44. The maximum absolute atomic E-state index is 14.1. The molecule has 2 rings (SSSR count). The van der Waals surface area contributed by atoms with Crippen molar-refractivity contribution in [3.63, 3.8) is 0 Å². The van der Waals surface area contributed by atoms with E-state index in [4.69, 9.17) is 5.84 Å². The van der Waals surface area contributed by atoms with Gasteiger partial charge in [0.2, 0.25) is 0 Å². The fourth-order valence-corrected chi connectivity index (χ4v) is 3.70. The zero-order valence-electron chi connectivity index (χ0n) is 10.6. The number of hydrazine groups is 1. The summed E-state index contributed by atoms with van der Waals surface area (Å²) < 4.78 is 29.8. The monoisotopic (exact) mass is 482 g/mol. The van der Waals surface area contributed by atoms with Crippen LogP contribution in [0, 0.1) is 11.6 Å². The molecule has 0 saturated heterocycles. The fraction of sp³-hybridized carbons (Fsp3) is 0.143. The molecule has 0 bridgehead atoms. The third-order valence-corrected chi connectivity index (χ3v) is 4.88. The van der Waals surface area contributed by atoms with Crippen molar-refractivity contribution < 1.29 is 8.78 Å². The van der Waals surface area contributed by atoms with Crippen LogP contribution in [0.15, 0.2) is 43.7 Å². The van der Waals surface area contributed by atoms with Gasteiger partial charge in [-0.1, -0.05) is 37.9 Å². The van der Waals surface area contributed by atoms with Gasteiger partial charge in [0.25, 0.3) is 0 Å². The maximum atomic E-state index is 14.1. The Morgan fingerprint density at radius 3 is 2.38 bits per heavy atom. The van der Waals surface area contributed by atoms with Crippen LogP contribution in [0.25, 0.3) is 0 Å². The quantitative estimate of drug-likeness (QED) is 0.364. The van der Waals surface area contributed by atoms with Gasteiger partial charge in [0.1, 0.15) is 11.6 Å². The van der Waals surface area contributed by atoms with E-state index in [-0.39, 0.29) is 16.5 Å². The van der Waals surface area contributed by atoms with Gasteiger partial charge in [-0.15, -0.1) is 0 Å². The van der Waals surface area contributed by atoms with Gasteiger partial charge in [-0.05, 0) is 52.2 Å². The molecule has 0 aliphatic rings. The lowest BCUT2D eigenvalue weighted by Gasteiger charge is -2.19. The van der Waals surface area contributed by atoms with Crippen molar-refractivity contribution >= 4 is 47.8 Å². The van der Waals surface area contributed by atoms with E-state index in [1.807, 2.05) is 18.2 Å². The molecule has 21 heavy (non-hydrogen) atoms. The molecule has 1 atom stereocenters. The molecule has 112 valence electrons. The Kier molecular flexibility index (Phi) is 5.90. The molecule has 0 spiro atoms. The van der Waals surface area contributed by atoms with Crippen molar-refractivity contribution in [3.05, 3.63) is 66.5 Å². The Hall–Kier alpha value is -0.340. The van der Waals surface area contributed by atoms with Crippen molar-refractivity contribution in [1.82, 2.24) is 5.43 Å². The Bertz CT molecular complexity index is 665. The Morgan fingerprint density at radius 2 is 1.76 bits per heavy atom. The molecule has 2 aromatic rings. The molecule has 2 nitrogen and oxygen atoms in total. The van der Waals surface area contributed by atoms with Crippen LogP contribution < -0.4 is 11.3 Å². The number of hydrogen-bond acceptors (Lipinski definition) is 2. The summed E-state index contributed by atoms with van der Waals surface area (Å²) in [5, 5.41) is 0. The van der Waals surface area contributed by atoms with E-state index in [1.54, 1.807) is 0 Å². The number of benzene rings is 2. The van der Waals surface area contributed by atoms with Crippen LogP contribution in [-0.4, -0.2) is 0 Å². The molecule has 0 aliphatic heterocycles. The maximum Gasteiger partial charge on any atom is 0.143 e. The number of rotatable bonds is 4. The minimum Gasteiger partial charge on any atom is -0.271 e. The highest BCUT2D eigenvalue weighted by Gasteiger charge is 2.20. The van der Waals surface area contributed by atoms with Gasteiger partial charge in [-0.3, -0.25) is 11.3 Å². The summed E-state index contributed by atoms with van der Waals surface area (Å²) in [6.45, 7) is 0. The minimum atomic E-state index is -0.608. The Balaban J connectivity index is 2.38. The molecular formula is C14H11Br3F2N2. The molecule has 0 fully saturated rings. The summed E-state index contributed by atoms with van der Waals surface area (Å²) in [5.41, 5.74) is 3.41. The van der Waals surface area contributed by atoms with Gasteiger partial charge in [0.05, 0.1) is 10.5 Å². The van der Waals surface area contributed by atoms with E-state index in [1.165, 1.54) is 12.1 Å². The van der Waals surface area contributed by atoms with Crippen molar-refractivity contribution in [2.24, 2.45) is 5.84 Å². The standard InChI is InChI=1S/C14H11Br3F2N2/c15-7-1-2-8(11(17)5-7)13(21-20)6-9-12(18)4-3-10(16)14(9)19/h1-5,13,21H,6,20H2. The smallest absolute Gasteiger partial charge is 0.143 e. The molecule has 2 aromatic carbocycles. The van der Waals surface area contributed by atoms with Crippen LogP contribution in [-0.2, 0) is 6.42 Å². The summed E-state index contributed by atoms with van der Waals surface area (Å²) in [5.74, 6) is 4.36. The van der Waals surface area contributed by atoms with Gasteiger partial charge < -0.3 is 0 Å². The lowest BCUT2D eigenvalue weighted by molar-refractivity contribution is 0.497. The molecule has 7 heteroatoms. The lowest BCUT2D eigenvalue weighted by atomic mass is 9.98. The lowest BCUT2D eigenvalue weighted by Crippen LogP contribution is -2.30. The van der Waals surface area contributed by atoms with E-state index >= 15 is 0 Å². The topological polar surface area (TPSA) is 38.0 Å². The predicted octanol–water partition coefficient (Wildman–Crippen LogP) is 5.00. The third-order valence-electron chi connectivity index (χ3n) is 3.09. The first-order chi connectivity index (χ1) is 9.93. The number of nitrogens with two attached hydrogens (primary N) is 1. The first kappa shape index (κ1) is 17.0. The summed E-state index contributed by atoms with van der Waals surface area (Å²) in [4.78, 5) is 0. The molecule has 0 aliphatic carbocycles. The molecule has 0 heterocycles. The summed E-state index contributed by atoms with van der Waals surface area (Å²) in [6.07, 6.45) is 0.0911. The van der Waals surface area contributed by atoms with Crippen LogP contribution in [0.3, 0.4) is 0 Å². The number of nitrogens with one attached hydrogen (secondary N) is 1. The van der Waals surface area contributed by atoms with Crippen molar-refractivity contribution in [1.29, 1.82) is 0 Å². The second-order valence-corrected chi connectivity index (χ2v) is 7.04. The minimum absolute atomic E-state index is 0.0119. The summed E-state index contributed by atoms with van der Waals surface area (Å²) in [6, 6.07) is 7.69. The molecule has 0 saturated carbocycles. The van der Waals surface area contributed by atoms with Crippen molar-refractivity contribution in [2.75, 3.05) is 0 Å². The Labute approximate surface area is 146 Å². The molecule has 0 aromatic heterocycles. The highest BCUT2D eigenvalue weighted by molar-refractivity contribution is 9.11. The number of halogens is 5. The highest BCUT2D eigenvalue weighted by Crippen LogP contribution is 2.31. The third kappa shape index (κ3) is 3.90. The van der Waals surface area contributed by atoms with Crippen molar-refractivity contribution in [3.8, 4) is 0 Å². The van der Waals surface area contributed by atoms with E-state index in [2.05, 4.69) is 53.2 Å². The number of hydrogen-bond donors (Lipinski definition) is 2. The first-order valence-corrected chi connectivity index (χ1v) is 8.35. The van der Waals surface area contributed by atoms with Gasteiger partial charge in [0.15, 0.2) is 0 Å². The zero-order chi connectivity index (χ0) is 15.6. The first-order valence-electron chi connectivity index (χ1n) is 5.97. The van der Waals surface area contributed by atoms with Crippen LogP contribution in [0.5, 0.6) is 0 Å². The van der Waals surface area contributed by atoms with Gasteiger partial charge >= 0.3 is 0 Å². The fourth-order valence-electron chi connectivity index (χ4n) is 2.00. The normalized spacial score (nSPS) is 12.5. The van der Waals surface area contributed by atoms with Crippen LogP contribution in [0.4, 0.5) is 8.78 Å². The average molecular weight is 485 g/mol. The van der Waals surface area contributed by atoms with Gasteiger partial charge in [-0.25, -0.2) is 8.78 Å². The van der Waals surface area contributed by atoms with E-state index in [0.717, 1.165) is 14.5 Å². The van der Waals surface area contributed by atoms with Gasteiger partial charge in [-0.2, -0.15) is 0 Å². The molecular weight excluding hydrogens is 474 g/mol. The SMILES string of the molecule is NNC(Cc1c(F)ccc(Br)c1F)c1ccc(Br)cc1Br. The second-order valence-electron chi connectivity index (χ2n) is 4.41. The van der Waals surface area contributed by atoms with Crippen LogP contribution in [0.2, 0.25) is 0 Å². The summed E-state index contributed by atoms with van der Waals surface area (Å²) >= 11 is 9.85. The van der Waals surface area contributed by atoms with Crippen LogP contribution >= 0.6 is 47.8 Å². The van der Waals surface area contributed by atoms with Crippen molar-refractivity contribution in [2.45, 2.75) is 12.5 Å². The Morgan fingerprint density at radius 1 is 1.05 bits per heavy atom. The largest absolute Gasteiger partial charge is 0.271 e. The van der Waals surface area contributed by atoms with E-state index < -0.39 is 17.7 Å². The van der Waals surface area contributed by atoms with Gasteiger partial charge in [0, 0.05) is 14.5 Å². The van der Waals surface area contributed by atoms with E-state index in [9.17, 15) is 8.78 Å². The summed E-state index contributed by atoms with van der Waals surface area (Å²) in [7, 11) is 0. The van der Waals surface area contributed by atoms with Crippen LogP contribution in [0.1, 0.15) is 17.2 Å². The molecule has 3 N–H and O–H groups in total. The predicted molar refractivity (Wildman–Crippen MR) is 89.7 cm³/mol. The highest BCUT2D eigenvalue weighted by atomic mass is 79.9.